The highest BCUT2D eigenvalue weighted by molar-refractivity contribution is 7.99. The average Bonchev–Trinajstić information content (AvgIpc) is 2.71. The molecule has 1 saturated heterocycles. The number of hydrogen-bond donors (Lipinski definition) is 1. The molecule has 1 saturated carbocycles. The third kappa shape index (κ3) is 2.68. The predicted molar refractivity (Wildman–Crippen MR) is 63.4 cm³/mol. The Hall–Kier alpha value is -0.130. The number of terminal acetylenes is 1. The first-order valence-corrected chi connectivity index (χ1v) is 6.84. The maximum atomic E-state index is 5.49. The predicted octanol–water partition coefficient (Wildman–Crippen LogP) is 2.27. The zero-order valence-electron chi connectivity index (χ0n) is 8.67. The maximum absolute atomic E-state index is 5.49. The first-order chi connectivity index (χ1) is 6.88. The van der Waals surface area contributed by atoms with E-state index in [1.807, 2.05) is 0 Å². The first-order valence-electron chi connectivity index (χ1n) is 5.68. The van der Waals surface area contributed by atoms with Gasteiger partial charge in [0.25, 0.3) is 0 Å². The molecular formula is C12H19NS. The van der Waals surface area contributed by atoms with Gasteiger partial charge < -0.3 is 5.32 Å². The van der Waals surface area contributed by atoms with Gasteiger partial charge in [-0.2, -0.15) is 11.8 Å². The summed E-state index contributed by atoms with van der Waals surface area (Å²) in [6.45, 7) is 0. The molecule has 2 fully saturated rings. The Balaban J connectivity index is 1.77. The quantitative estimate of drug-likeness (QED) is 0.700. The summed E-state index contributed by atoms with van der Waals surface area (Å²) in [6.07, 6.45) is 11.9. The van der Waals surface area contributed by atoms with Crippen molar-refractivity contribution in [3.63, 3.8) is 0 Å². The number of thioether (sulfide) groups is 1. The number of nitrogens with one attached hydrogen (secondary N) is 1. The fraction of sp³-hybridized carbons (Fsp3) is 0.833. The maximum Gasteiger partial charge on any atom is 0.0215 e. The van der Waals surface area contributed by atoms with Gasteiger partial charge in [-0.25, -0.2) is 0 Å². The van der Waals surface area contributed by atoms with Gasteiger partial charge in [0.05, 0.1) is 0 Å². The summed E-state index contributed by atoms with van der Waals surface area (Å²) >= 11 is 2.07. The van der Waals surface area contributed by atoms with Crippen LogP contribution in [-0.2, 0) is 0 Å². The molecule has 2 aliphatic rings. The Morgan fingerprint density at radius 3 is 2.86 bits per heavy atom. The van der Waals surface area contributed by atoms with Crippen LogP contribution < -0.4 is 5.32 Å². The van der Waals surface area contributed by atoms with Crippen LogP contribution in [0.25, 0.3) is 0 Å². The summed E-state index contributed by atoms with van der Waals surface area (Å²) in [7, 11) is 0. The van der Waals surface area contributed by atoms with Gasteiger partial charge in [-0.1, -0.05) is 6.42 Å². The molecule has 0 amide bonds. The monoisotopic (exact) mass is 209 g/mol. The molecule has 0 aromatic rings. The SMILES string of the molecule is C#CC1CCCC(NC2CCSC2)C1. The lowest BCUT2D eigenvalue weighted by Gasteiger charge is -2.29. The zero-order valence-corrected chi connectivity index (χ0v) is 9.48. The minimum atomic E-state index is 0.537. The summed E-state index contributed by atoms with van der Waals surface area (Å²) in [5.74, 6) is 6.09. The van der Waals surface area contributed by atoms with Crippen LogP contribution in [0.15, 0.2) is 0 Å². The minimum absolute atomic E-state index is 0.537. The lowest BCUT2D eigenvalue weighted by atomic mass is 9.86. The molecule has 2 heteroatoms. The summed E-state index contributed by atoms with van der Waals surface area (Å²) < 4.78 is 0. The second-order valence-electron chi connectivity index (χ2n) is 4.45. The largest absolute Gasteiger partial charge is 0.310 e. The van der Waals surface area contributed by atoms with Crippen molar-refractivity contribution in [1.29, 1.82) is 0 Å². The van der Waals surface area contributed by atoms with E-state index in [0.717, 1.165) is 6.04 Å². The Bertz CT molecular complexity index is 215. The Kier molecular flexibility index (Phi) is 3.78. The lowest BCUT2D eigenvalue weighted by Crippen LogP contribution is -2.41. The molecule has 3 unspecified atom stereocenters. The third-order valence-corrected chi connectivity index (χ3v) is 4.47. The highest BCUT2D eigenvalue weighted by atomic mass is 32.2. The minimum Gasteiger partial charge on any atom is -0.310 e. The highest BCUT2D eigenvalue weighted by Gasteiger charge is 2.24. The molecule has 1 aliphatic carbocycles. The second-order valence-corrected chi connectivity index (χ2v) is 5.60. The molecule has 1 nitrogen and oxygen atoms in total. The van der Waals surface area contributed by atoms with Crippen LogP contribution in [0.4, 0.5) is 0 Å². The van der Waals surface area contributed by atoms with Gasteiger partial charge in [-0.15, -0.1) is 12.3 Å². The van der Waals surface area contributed by atoms with Crippen molar-refractivity contribution in [2.45, 2.75) is 44.2 Å². The second kappa shape index (κ2) is 5.09. The molecule has 2 rings (SSSR count). The van der Waals surface area contributed by atoms with Crippen LogP contribution in [0.5, 0.6) is 0 Å². The molecular weight excluding hydrogens is 190 g/mol. The zero-order chi connectivity index (χ0) is 9.80. The van der Waals surface area contributed by atoms with E-state index in [0.29, 0.717) is 12.0 Å². The van der Waals surface area contributed by atoms with Gasteiger partial charge in [0, 0.05) is 23.8 Å². The van der Waals surface area contributed by atoms with Crippen LogP contribution >= 0.6 is 11.8 Å². The van der Waals surface area contributed by atoms with Crippen LogP contribution in [0, 0.1) is 18.3 Å². The molecule has 1 heterocycles. The molecule has 0 spiro atoms. The fourth-order valence-corrected chi connectivity index (χ4v) is 3.66. The van der Waals surface area contributed by atoms with Crippen molar-refractivity contribution in [1.82, 2.24) is 5.32 Å². The van der Waals surface area contributed by atoms with E-state index in [4.69, 9.17) is 6.42 Å². The molecule has 3 atom stereocenters. The topological polar surface area (TPSA) is 12.0 Å². The summed E-state index contributed by atoms with van der Waals surface area (Å²) in [4.78, 5) is 0. The van der Waals surface area contributed by atoms with Crippen molar-refractivity contribution in [2.24, 2.45) is 5.92 Å². The van der Waals surface area contributed by atoms with Crippen molar-refractivity contribution >= 4 is 11.8 Å². The van der Waals surface area contributed by atoms with Gasteiger partial charge in [-0.05, 0) is 31.4 Å². The van der Waals surface area contributed by atoms with Crippen molar-refractivity contribution in [3.8, 4) is 12.3 Å². The first kappa shape index (κ1) is 10.4. The normalized spacial score (nSPS) is 38.1. The van der Waals surface area contributed by atoms with Gasteiger partial charge in [0.1, 0.15) is 0 Å². The van der Waals surface area contributed by atoms with E-state index in [1.54, 1.807) is 0 Å². The molecule has 1 aliphatic heterocycles. The third-order valence-electron chi connectivity index (χ3n) is 3.31. The molecule has 14 heavy (non-hydrogen) atoms. The number of rotatable bonds is 2. The van der Waals surface area contributed by atoms with Crippen LogP contribution in [-0.4, -0.2) is 23.6 Å². The highest BCUT2D eigenvalue weighted by Crippen LogP contribution is 2.25. The molecule has 0 aromatic carbocycles. The Labute approximate surface area is 91.4 Å². The smallest absolute Gasteiger partial charge is 0.0215 e. The fourth-order valence-electron chi connectivity index (χ4n) is 2.49. The van der Waals surface area contributed by atoms with Gasteiger partial charge in [0.15, 0.2) is 0 Å². The van der Waals surface area contributed by atoms with E-state index in [9.17, 15) is 0 Å². The summed E-state index contributed by atoms with van der Waals surface area (Å²) in [5, 5.41) is 3.77. The molecule has 78 valence electrons. The van der Waals surface area contributed by atoms with Crippen LogP contribution in [0.1, 0.15) is 32.1 Å². The van der Waals surface area contributed by atoms with Gasteiger partial charge in [0.2, 0.25) is 0 Å². The van der Waals surface area contributed by atoms with Gasteiger partial charge in [-0.3, -0.25) is 0 Å². The van der Waals surface area contributed by atoms with E-state index in [-0.39, 0.29) is 0 Å². The van der Waals surface area contributed by atoms with Crippen molar-refractivity contribution < 1.29 is 0 Å². The van der Waals surface area contributed by atoms with Crippen molar-refractivity contribution in [3.05, 3.63) is 0 Å². The van der Waals surface area contributed by atoms with E-state index >= 15 is 0 Å². The van der Waals surface area contributed by atoms with Gasteiger partial charge >= 0.3 is 0 Å². The van der Waals surface area contributed by atoms with Crippen LogP contribution in [0.3, 0.4) is 0 Å². The standard InChI is InChI=1S/C12H19NS/c1-2-10-4-3-5-11(8-10)13-12-6-7-14-9-12/h1,10-13H,3-9H2. The van der Waals surface area contributed by atoms with E-state index in [2.05, 4.69) is 23.0 Å². The average molecular weight is 209 g/mol. The van der Waals surface area contributed by atoms with Crippen LogP contribution in [0.2, 0.25) is 0 Å². The molecule has 0 bridgehead atoms. The molecule has 0 radical (unpaired) electrons. The summed E-state index contributed by atoms with van der Waals surface area (Å²) in [6, 6.07) is 1.47. The van der Waals surface area contributed by atoms with E-state index < -0.39 is 0 Å². The lowest BCUT2D eigenvalue weighted by molar-refractivity contribution is 0.310. The molecule has 0 aromatic heterocycles. The Morgan fingerprint density at radius 2 is 2.14 bits per heavy atom. The Morgan fingerprint density at radius 1 is 1.21 bits per heavy atom. The van der Waals surface area contributed by atoms with E-state index in [1.165, 1.54) is 43.6 Å². The van der Waals surface area contributed by atoms with Crippen molar-refractivity contribution in [2.75, 3.05) is 11.5 Å². The summed E-state index contributed by atoms with van der Waals surface area (Å²) in [5.41, 5.74) is 0. The molecule has 1 N–H and O–H groups in total. The number of hydrogen-bond acceptors (Lipinski definition) is 2.